The van der Waals surface area contributed by atoms with Gasteiger partial charge in [-0.3, -0.25) is 0 Å². The van der Waals surface area contributed by atoms with Crippen molar-refractivity contribution in [2.24, 2.45) is 22.2 Å². The molecule has 0 amide bonds. The third-order valence-electron chi connectivity index (χ3n) is 4.13. The minimum atomic E-state index is 0.497. The summed E-state index contributed by atoms with van der Waals surface area (Å²) >= 11 is 0. The van der Waals surface area contributed by atoms with Crippen LogP contribution < -0.4 is 0 Å². The van der Waals surface area contributed by atoms with Gasteiger partial charge in [0, 0.05) is 0 Å². The first kappa shape index (κ1) is 14.1. The summed E-state index contributed by atoms with van der Waals surface area (Å²) in [6, 6.07) is 0. The van der Waals surface area contributed by atoms with E-state index in [1.807, 2.05) is 0 Å². The molecule has 0 heterocycles. The van der Waals surface area contributed by atoms with Crippen LogP contribution in [0.25, 0.3) is 0 Å². The summed E-state index contributed by atoms with van der Waals surface area (Å²) in [6.45, 7) is 17.2. The zero-order valence-corrected chi connectivity index (χ0v) is 12.6. The molecule has 0 aliphatic heterocycles. The maximum atomic E-state index is 2.46. The van der Waals surface area contributed by atoms with Crippen LogP contribution in [0.5, 0.6) is 0 Å². The molecule has 1 aliphatic rings. The van der Waals surface area contributed by atoms with E-state index >= 15 is 0 Å². The van der Waals surface area contributed by atoms with Crippen molar-refractivity contribution in [2.45, 2.75) is 80.6 Å². The van der Waals surface area contributed by atoms with Crippen molar-refractivity contribution in [1.82, 2.24) is 0 Å². The zero-order chi connectivity index (χ0) is 12.6. The normalized spacial score (nSPS) is 33.6. The van der Waals surface area contributed by atoms with Crippen molar-refractivity contribution >= 4 is 0 Å². The molecule has 0 heteroatoms. The van der Waals surface area contributed by atoms with Gasteiger partial charge >= 0.3 is 0 Å². The SMILES string of the molecule is CC1CCC(C)(C)CC(C)(C)CC(C)(C)C1. The van der Waals surface area contributed by atoms with Crippen LogP contribution in [-0.2, 0) is 0 Å². The highest BCUT2D eigenvalue weighted by Crippen LogP contribution is 2.48. The van der Waals surface area contributed by atoms with Crippen LogP contribution in [0, 0.1) is 22.2 Å². The molecule has 1 atom stereocenters. The lowest BCUT2D eigenvalue weighted by molar-refractivity contribution is 0.125. The first-order valence-electron chi connectivity index (χ1n) is 7.02. The fraction of sp³-hybridized carbons (Fsp3) is 1.00. The van der Waals surface area contributed by atoms with Crippen molar-refractivity contribution in [2.75, 3.05) is 0 Å². The number of hydrogen-bond donors (Lipinski definition) is 0. The topological polar surface area (TPSA) is 0 Å². The summed E-state index contributed by atoms with van der Waals surface area (Å²) in [5.74, 6) is 0.892. The third-order valence-corrected chi connectivity index (χ3v) is 4.13. The van der Waals surface area contributed by atoms with Gasteiger partial charge in [-0.2, -0.15) is 0 Å². The first-order chi connectivity index (χ1) is 7.02. The molecule has 0 spiro atoms. The van der Waals surface area contributed by atoms with Crippen molar-refractivity contribution in [3.63, 3.8) is 0 Å². The second-order valence-corrected chi connectivity index (χ2v) is 8.69. The average molecular weight is 224 g/mol. The zero-order valence-electron chi connectivity index (χ0n) is 12.6. The molecule has 96 valence electrons. The lowest BCUT2D eigenvalue weighted by Crippen LogP contribution is -2.27. The maximum Gasteiger partial charge on any atom is -0.0344 e. The van der Waals surface area contributed by atoms with E-state index in [9.17, 15) is 0 Å². The second kappa shape index (κ2) is 4.35. The molecule has 1 fully saturated rings. The van der Waals surface area contributed by atoms with Crippen LogP contribution in [0.1, 0.15) is 80.6 Å². The van der Waals surface area contributed by atoms with E-state index < -0.39 is 0 Å². The summed E-state index contributed by atoms with van der Waals surface area (Å²) in [6.07, 6.45) is 6.94. The third kappa shape index (κ3) is 4.47. The van der Waals surface area contributed by atoms with Crippen molar-refractivity contribution in [1.29, 1.82) is 0 Å². The van der Waals surface area contributed by atoms with Crippen LogP contribution in [0.4, 0.5) is 0 Å². The standard InChI is InChI=1S/C16H32/c1-13-8-9-14(2,3)11-16(6,7)12-15(4,5)10-13/h13H,8-12H2,1-7H3. The average Bonchev–Trinajstić information content (AvgIpc) is 1.95. The lowest BCUT2D eigenvalue weighted by Gasteiger charge is -2.39. The minimum absolute atomic E-state index is 0.497. The van der Waals surface area contributed by atoms with Gasteiger partial charge in [-0.15, -0.1) is 0 Å². The van der Waals surface area contributed by atoms with Gasteiger partial charge in [-0.25, -0.2) is 0 Å². The summed E-state index contributed by atoms with van der Waals surface area (Å²) in [5, 5.41) is 0. The molecule has 0 aromatic rings. The highest BCUT2D eigenvalue weighted by Gasteiger charge is 2.36. The van der Waals surface area contributed by atoms with Gasteiger partial charge in [0.05, 0.1) is 0 Å². The van der Waals surface area contributed by atoms with E-state index in [1.54, 1.807) is 0 Å². The number of hydrogen-bond acceptors (Lipinski definition) is 0. The van der Waals surface area contributed by atoms with E-state index in [4.69, 9.17) is 0 Å². The van der Waals surface area contributed by atoms with E-state index in [1.165, 1.54) is 32.1 Å². The Morgan fingerprint density at radius 2 is 1.25 bits per heavy atom. The molecular weight excluding hydrogens is 192 g/mol. The molecule has 1 saturated carbocycles. The molecule has 0 radical (unpaired) electrons. The van der Waals surface area contributed by atoms with E-state index in [0.29, 0.717) is 16.2 Å². The Kier molecular flexibility index (Phi) is 3.82. The highest BCUT2D eigenvalue weighted by molar-refractivity contribution is 4.87. The molecule has 0 aromatic carbocycles. The maximum absolute atomic E-state index is 2.46. The monoisotopic (exact) mass is 224 g/mol. The van der Waals surface area contributed by atoms with Crippen molar-refractivity contribution in [3.05, 3.63) is 0 Å². The molecule has 1 rings (SSSR count). The minimum Gasteiger partial charge on any atom is -0.0625 e. The van der Waals surface area contributed by atoms with Crippen LogP contribution in [-0.4, -0.2) is 0 Å². The fourth-order valence-electron chi connectivity index (χ4n) is 4.50. The summed E-state index contributed by atoms with van der Waals surface area (Å²) in [4.78, 5) is 0. The molecule has 16 heavy (non-hydrogen) atoms. The van der Waals surface area contributed by atoms with Gasteiger partial charge in [0.1, 0.15) is 0 Å². The Hall–Kier alpha value is 0. The van der Waals surface area contributed by atoms with Gasteiger partial charge in [0.25, 0.3) is 0 Å². The quantitative estimate of drug-likeness (QED) is 0.497. The molecule has 0 N–H and O–H groups in total. The molecule has 1 aliphatic carbocycles. The van der Waals surface area contributed by atoms with Crippen LogP contribution in [0.15, 0.2) is 0 Å². The van der Waals surface area contributed by atoms with E-state index in [2.05, 4.69) is 48.5 Å². The summed E-state index contributed by atoms with van der Waals surface area (Å²) < 4.78 is 0. The summed E-state index contributed by atoms with van der Waals surface area (Å²) in [5.41, 5.74) is 1.54. The van der Waals surface area contributed by atoms with Crippen LogP contribution in [0.2, 0.25) is 0 Å². The van der Waals surface area contributed by atoms with E-state index in [0.717, 1.165) is 5.92 Å². The summed E-state index contributed by atoms with van der Waals surface area (Å²) in [7, 11) is 0. The molecular formula is C16H32. The predicted molar refractivity (Wildman–Crippen MR) is 73.6 cm³/mol. The smallest absolute Gasteiger partial charge is 0.0344 e. The van der Waals surface area contributed by atoms with E-state index in [-0.39, 0.29) is 0 Å². The molecule has 0 nitrogen and oxygen atoms in total. The largest absolute Gasteiger partial charge is 0.0625 e. The molecule has 1 unspecified atom stereocenters. The Labute approximate surface area is 103 Å². The van der Waals surface area contributed by atoms with Gasteiger partial charge < -0.3 is 0 Å². The Balaban J connectivity index is 2.87. The van der Waals surface area contributed by atoms with Gasteiger partial charge in [0.2, 0.25) is 0 Å². The van der Waals surface area contributed by atoms with Crippen LogP contribution >= 0.6 is 0 Å². The Morgan fingerprint density at radius 3 is 1.81 bits per heavy atom. The van der Waals surface area contributed by atoms with Crippen molar-refractivity contribution < 1.29 is 0 Å². The number of rotatable bonds is 0. The Bertz CT molecular complexity index is 232. The predicted octanol–water partition coefficient (Wildman–Crippen LogP) is 5.67. The molecule has 0 saturated heterocycles. The first-order valence-corrected chi connectivity index (χ1v) is 7.02. The van der Waals surface area contributed by atoms with Gasteiger partial charge in [0.15, 0.2) is 0 Å². The second-order valence-electron chi connectivity index (χ2n) is 8.69. The van der Waals surface area contributed by atoms with Crippen molar-refractivity contribution in [3.8, 4) is 0 Å². The van der Waals surface area contributed by atoms with Gasteiger partial charge in [-0.05, 0) is 47.8 Å². The molecule has 0 bridgehead atoms. The highest BCUT2D eigenvalue weighted by atomic mass is 14.4. The molecule has 0 aromatic heterocycles. The lowest BCUT2D eigenvalue weighted by atomic mass is 9.67. The van der Waals surface area contributed by atoms with Crippen LogP contribution in [0.3, 0.4) is 0 Å². The van der Waals surface area contributed by atoms with Gasteiger partial charge in [-0.1, -0.05) is 54.9 Å². The fourth-order valence-corrected chi connectivity index (χ4v) is 4.50. The Morgan fingerprint density at radius 1 is 0.750 bits per heavy atom.